The molecule has 30 heavy (non-hydrogen) atoms. The number of aliphatic imine (C=N–C) groups is 1. The molecule has 1 aromatic heterocycles. The average molecular weight is 402 g/mol. The van der Waals surface area contributed by atoms with Crippen LogP contribution in [0.15, 0.2) is 59.1 Å². The number of hydrogen-bond acceptors (Lipinski definition) is 3. The van der Waals surface area contributed by atoms with E-state index in [9.17, 15) is 5.11 Å². The fraction of sp³-hybridized carbons (Fsp3) is 0.346. The first kappa shape index (κ1) is 20.4. The van der Waals surface area contributed by atoms with Crippen LogP contribution in [0.1, 0.15) is 49.3 Å². The maximum absolute atomic E-state index is 10.9. The number of benzene rings is 2. The quantitative estimate of drug-likeness (QED) is 0.399. The Balaban J connectivity index is 1.80. The van der Waals surface area contributed by atoms with E-state index in [4.69, 9.17) is 4.99 Å². The van der Waals surface area contributed by atoms with Gasteiger partial charge in [0.05, 0.1) is 11.3 Å². The number of allylic oxidation sites excluding steroid dienone is 2. The third kappa shape index (κ3) is 4.19. The van der Waals surface area contributed by atoms with Crippen molar-refractivity contribution in [2.24, 2.45) is 4.99 Å². The minimum atomic E-state index is 0.186. The second-order valence-corrected chi connectivity index (χ2v) is 8.44. The van der Waals surface area contributed by atoms with Crippen LogP contribution in [-0.4, -0.2) is 47.9 Å². The van der Waals surface area contributed by atoms with Crippen molar-refractivity contribution in [3.8, 4) is 5.88 Å². The zero-order chi connectivity index (χ0) is 21.1. The molecule has 4 nitrogen and oxygen atoms in total. The summed E-state index contributed by atoms with van der Waals surface area (Å²) >= 11 is 0. The van der Waals surface area contributed by atoms with E-state index in [2.05, 4.69) is 61.2 Å². The van der Waals surface area contributed by atoms with Crippen LogP contribution in [0.2, 0.25) is 0 Å². The van der Waals surface area contributed by atoms with E-state index in [0.29, 0.717) is 0 Å². The Hall–Kier alpha value is -2.85. The molecule has 2 aromatic carbocycles. The van der Waals surface area contributed by atoms with Crippen LogP contribution < -0.4 is 0 Å². The molecule has 0 saturated heterocycles. The maximum Gasteiger partial charge on any atom is 0.199 e. The largest absolute Gasteiger partial charge is 0.494 e. The third-order valence-electron chi connectivity index (χ3n) is 6.02. The first-order valence-corrected chi connectivity index (χ1v) is 10.8. The molecule has 0 spiro atoms. The maximum atomic E-state index is 10.9. The predicted octanol–water partition coefficient (Wildman–Crippen LogP) is 5.62. The van der Waals surface area contributed by atoms with Gasteiger partial charge in [0.15, 0.2) is 5.88 Å². The highest BCUT2D eigenvalue weighted by molar-refractivity contribution is 6.21. The van der Waals surface area contributed by atoms with Gasteiger partial charge in [0.1, 0.15) is 0 Å². The van der Waals surface area contributed by atoms with Gasteiger partial charge in [-0.1, -0.05) is 42.0 Å². The lowest BCUT2D eigenvalue weighted by Crippen LogP contribution is -2.14. The lowest BCUT2D eigenvalue weighted by atomic mass is 9.85. The van der Waals surface area contributed by atoms with Gasteiger partial charge in [0.25, 0.3) is 0 Å². The Kier molecular flexibility index (Phi) is 6.05. The van der Waals surface area contributed by atoms with E-state index in [-0.39, 0.29) is 5.88 Å². The van der Waals surface area contributed by atoms with E-state index in [0.717, 1.165) is 47.3 Å². The highest BCUT2D eigenvalue weighted by atomic mass is 16.3. The summed E-state index contributed by atoms with van der Waals surface area (Å²) in [6.07, 6.45) is 4.68. The lowest BCUT2D eigenvalue weighted by Gasteiger charge is -2.20. The van der Waals surface area contributed by atoms with E-state index in [1.165, 1.54) is 30.4 Å². The van der Waals surface area contributed by atoms with Gasteiger partial charge in [-0.15, -0.1) is 0 Å². The van der Waals surface area contributed by atoms with Crippen LogP contribution in [0.4, 0.5) is 0 Å². The summed E-state index contributed by atoms with van der Waals surface area (Å²) in [6.45, 7) is 3.93. The zero-order valence-corrected chi connectivity index (χ0v) is 18.2. The minimum absolute atomic E-state index is 0.186. The van der Waals surface area contributed by atoms with Crippen LogP contribution in [0.25, 0.3) is 16.5 Å². The van der Waals surface area contributed by atoms with E-state index in [1.54, 1.807) is 5.57 Å². The molecule has 4 rings (SSSR count). The van der Waals surface area contributed by atoms with Crippen LogP contribution in [0.3, 0.4) is 0 Å². The van der Waals surface area contributed by atoms with Crippen LogP contribution >= 0.6 is 0 Å². The van der Waals surface area contributed by atoms with Gasteiger partial charge >= 0.3 is 0 Å². The second kappa shape index (κ2) is 8.88. The Labute approximate surface area is 179 Å². The molecule has 0 unspecified atom stereocenters. The van der Waals surface area contributed by atoms with E-state index < -0.39 is 0 Å². The molecule has 1 aliphatic rings. The molecule has 0 radical (unpaired) electrons. The Morgan fingerprint density at radius 1 is 1.07 bits per heavy atom. The molecule has 1 heterocycles. The first-order chi connectivity index (χ1) is 14.5. The zero-order valence-electron chi connectivity index (χ0n) is 18.2. The lowest BCUT2D eigenvalue weighted by molar-refractivity contribution is 0.403. The summed E-state index contributed by atoms with van der Waals surface area (Å²) in [5, 5.41) is 11.9. The van der Waals surface area contributed by atoms with Gasteiger partial charge in [-0.25, -0.2) is 0 Å². The topological polar surface area (TPSA) is 51.6 Å². The van der Waals surface area contributed by atoms with Crippen LogP contribution in [-0.2, 0) is 0 Å². The smallest absolute Gasteiger partial charge is 0.199 e. The molecular weight excluding hydrogens is 370 g/mol. The molecule has 4 heteroatoms. The molecule has 0 amide bonds. The molecule has 156 valence electrons. The third-order valence-corrected chi connectivity index (χ3v) is 6.02. The monoisotopic (exact) mass is 401 g/mol. The van der Waals surface area contributed by atoms with Gasteiger partial charge in [-0.2, -0.15) is 0 Å². The molecule has 0 atom stereocenters. The van der Waals surface area contributed by atoms with E-state index >= 15 is 0 Å². The predicted molar refractivity (Wildman–Crippen MR) is 127 cm³/mol. The van der Waals surface area contributed by atoms with Gasteiger partial charge in [-0.3, -0.25) is 4.99 Å². The summed E-state index contributed by atoms with van der Waals surface area (Å²) in [6, 6.07) is 16.6. The summed E-state index contributed by atoms with van der Waals surface area (Å²) in [5.41, 5.74) is 7.78. The SMILES string of the molecule is CC(=C1CCC1)c1ccc2[nH]c(O)c(C(=NCCCN(C)C)c3ccccc3)c2c1. The molecule has 1 saturated carbocycles. The van der Waals surface area contributed by atoms with Crippen molar-refractivity contribution in [2.45, 2.75) is 32.6 Å². The molecule has 0 aliphatic heterocycles. The summed E-state index contributed by atoms with van der Waals surface area (Å²) in [4.78, 5) is 10.3. The van der Waals surface area contributed by atoms with Crippen molar-refractivity contribution in [1.82, 2.24) is 9.88 Å². The number of aromatic hydroxyl groups is 1. The van der Waals surface area contributed by atoms with Crippen molar-refractivity contribution >= 4 is 22.2 Å². The summed E-state index contributed by atoms with van der Waals surface area (Å²) in [5.74, 6) is 0.186. The first-order valence-electron chi connectivity index (χ1n) is 10.8. The number of hydrogen-bond donors (Lipinski definition) is 2. The van der Waals surface area contributed by atoms with Gasteiger partial charge in [0, 0.05) is 23.0 Å². The van der Waals surface area contributed by atoms with Crippen molar-refractivity contribution in [2.75, 3.05) is 27.2 Å². The Bertz CT molecular complexity index is 1080. The van der Waals surface area contributed by atoms with Gasteiger partial charge < -0.3 is 15.0 Å². The number of nitrogens with one attached hydrogen (secondary N) is 1. The number of H-pyrrole nitrogens is 1. The number of fused-ring (bicyclic) bond motifs is 1. The standard InChI is InChI=1S/C26H31N3O/c1-18(19-11-7-12-19)21-13-14-23-22(17-21)24(26(30)28-23)25(20-9-5-4-6-10-20)27-15-8-16-29(2)3/h4-6,9-10,13-14,17,28,30H,7-8,11-12,15-16H2,1-3H3. The molecular formula is C26H31N3O. The van der Waals surface area contributed by atoms with Crippen LogP contribution in [0, 0.1) is 0 Å². The Morgan fingerprint density at radius 2 is 1.83 bits per heavy atom. The van der Waals surface area contributed by atoms with Gasteiger partial charge in [-0.05, 0) is 76.5 Å². The summed E-state index contributed by atoms with van der Waals surface area (Å²) in [7, 11) is 4.15. The molecule has 1 fully saturated rings. The molecule has 2 N–H and O–H groups in total. The number of rotatable bonds is 7. The second-order valence-electron chi connectivity index (χ2n) is 8.44. The van der Waals surface area contributed by atoms with E-state index in [1.807, 2.05) is 18.2 Å². The number of aromatic nitrogens is 1. The average Bonchev–Trinajstić information content (AvgIpc) is 3.02. The summed E-state index contributed by atoms with van der Waals surface area (Å²) < 4.78 is 0. The molecule has 1 aliphatic carbocycles. The Morgan fingerprint density at radius 3 is 2.50 bits per heavy atom. The highest BCUT2D eigenvalue weighted by Crippen LogP contribution is 2.36. The molecule has 0 bridgehead atoms. The van der Waals surface area contributed by atoms with Crippen molar-refractivity contribution in [1.29, 1.82) is 0 Å². The number of nitrogens with zero attached hydrogens (tertiary/aromatic N) is 2. The van der Waals surface area contributed by atoms with Crippen molar-refractivity contribution < 1.29 is 5.11 Å². The van der Waals surface area contributed by atoms with Crippen LogP contribution in [0.5, 0.6) is 5.88 Å². The van der Waals surface area contributed by atoms with Crippen molar-refractivity contribution in [3.63, 3.8) is 0 Å². The molecule has 3 aromatic rings. The van der Waals surface area contributed by atoms with Gasteiger partial charge in [0.2, 0.25) is 0 Å². The van der Waals surface area contributed by atoms with Crippen molar-refractivity contribution in [3.05, 3.63) is 70.8 Å². The number of aromatic amines is 1. The highest BCUT2D eigenvalue weighted by Gasteiger charge is 2.20. The fourth-order valence-electron chi connectivity index (χ4n) is 4.07. The fourth-order valence-corrected chi connectivity index (χ4v) is 4.07. The minimum Gasteiger partial charge on any atom is -0.494 e. The normalized spacial score (nSPS) is 14.4.